The van der Waals surface area contributed by atoms with Crippen LogP contribution in [0.2, 0.25) is 0 Å². The first kappa shape index (κ1) is 22.8. The zero-order chi connectivity index (χ0) is 21.0. The molecule has 1 heteroatoms. The number of hydrogen-bond acceptors (Lipinski definition) is 1. The Hall–Kier alpha value is -1.86. The minimum Gasteiger partial charge on any atom is -0.377 e. The van der Waals surface area contributed by atoms with Gasteiger partial charge in [0.1, 0.15) is 0 Å². The molecule has 1 nitrogen and oxygen atoms in total. The summed E-state index contributed by atoms with van der Waals surface area (Å²) in [6.07, 6.45) is 16.3. The molecule has 0 spiro atoms. The van der Waals surface area contributed by atoms with Gasteiger partial charge in [0.2, 0.25) is 0 Å². The van der Waals surface area contributed by atoms with Crippen molar-refractivity contribution < 1.29 is 4.74 Å². The third-order valence-corrected chi connectivity index (χ3v) is 6.65. The number of ether oxygens (including phenoxy) is 1. The van der Waals surface area contributed by atoms with Gasteiger partial charge < -0.3 is 4.74 Å². The van der Waals surface area contributed by atoms with E-state index in [9.17, 15) is 0 Å². The van der Waals surface area contributed by atoms with E-state index in [1.54, 1.807) is 0 Å². The van der Waals surface area contributed by atoms with Crippen LogP contribution in [0.3, 0.4) is 0 Å². The van der Waals surface area contributed by atoms with Crippen molar-refractivity contribution in [2.75, 3.05) is 6.61 Å². The Bertz CT molecular complexity index is 733. The van der Waals surface area contributed by atoms with E-state index in [0.29, 0.717) is 0 Å². The molecule has 1 aliphatic rings. The molecule has 2 aromatic rings. The summed E-state index contributed by atoms with van der Waals surface area (Å²) in [5, 5.41) is 0. The molecule has 1 saturated carbocycles. The zero-order valence-electron chi connectivity index (χ0n) is 19.1. The monoisotopic (exact) mass is 404 g/mol. The van der Waals surface area contributed by atoms with Crippen LogP contribution in [0, 0.1) is 5.92 Å². The molecule has 0 bridgehead atoms. The molecule has 0 radical (unpaired) electrons. The molecular weight excluding hydrogens is 364 g/mol. The van der Waals surface area contributed by atoms with Crippen molar-refractivity contribution in [2.45, 2.75) is 84.2 Å². The lowest BCUT2D eigenvalue weighted by atomic mass is 9.77. The Morgan fingerprint density at radius 2 is 1.53 bits per heavy atom. The number of hydrogen-bond donors (Lipinski definition) is 0. The molecule has 0 amide bonds. The highest BCUT2D eigenvalue weighted by Gasteiger charge is 2.21. The maximum absolute atomic E-state index is 5.78. The predicted octanol–water partition coefficient (Wildman–Crippen LogP) is 8.69. The molecule has 1 aliphatic carbocycles. The normalized spacial score (nSPS) is 19.4. The van der Waals surface area contributed by atoms with E-state index >= 15 is 0 Å². The van der Waals surface area contributed by atoms with Crippen LogP contribution >= 0.6 is 0 Å². The van der Waals surface area contributed by atoms with Gasteiger partial charge in [0.15, 0.2) is 0 Å². The van der Waals surface area contributed by atoms with Crippen LogP contribution < -0.4 is 0 Å². The quantitative estimate of drug-likeness (QED) is 0.269. The minimum atomic E-state index is 0.723. The summed E-state index contributed by atoms with van der Waals surface area (Å²) in [5.41, 5.74) is 5.40. The molecule has 162 valence electrons. The van der Waals surface area contributed by atoms with Crippen LogP contribution in [0.5, 0.6) is 0 Å². The fourth-order valence-corrected chi connectivity index (χ4v) is 4.67. The highest BCUT2D eigenvalue weighted by molar-refractivity contribution is 5.64. The molecule has 0 N–H and O–H groups in total. The lowest BCUT2D eigenvalue weighted by Gasteiger charge is -2.28. The highest BCUT2D eigenvalue weighted by Crippen LogP contribution is 2.38. The number of benzene rings is 2. The van der Waals surface area contributed by atoms with E-state index < -0.39 is 0 Å². The zero-order valence-corrected chi connectivity index (χ0v) is 19.1. The van der Waals surface area contributed by atoms with Crippen molar-refractivity contribution in [3.8, 4) is 11.1 Å². The molecule has 0 unspecified atom stereocenters. The van der Waals surface area contributed by atoms with Gasteiger partial charge in [-0.1, -0.05) is 80.4 Å². The lowest BCUT2D eigenvalue weighted by molar-refractivity contribution is 0.117. The molecule has 0 aromatic heterocycles. The van der Waals surface area contributed by atoms with E-state index in [4.69, 9.17) is 4.74 Å². The van der Waals surface area contributed by atoms with Crippen LogP contribution in [0.1, 0.15) is 88.7 Å². The summed E-state index contributed by atoms with van der Waals surface area (Å²) in [4.78, 5) is 0. The smallest absolute Gasteiger partial charge is 0.0716 e. The van der Waals surface area contributed by atoms with Crippen LogP contribution in [-0.2, 0) is 11.3 Å². The van der Waals surface area contributed by atoms with Crippen LogP contribution in [-0.4, -0.2) is 6.61 Å². The Morgan fingerprint density at radius 1 is 0.867 bits per heavy atom. The molecule has 1 fully saturated rings. The van der Waals surface area contributed by atoms with E-state index in [2.05, 4.69) is 74.5 Å². The third kappa shape index (κ3) is 7.13. The fourth-order valence-electron chi connectivity index (χ4n) is 4.67. The second-order valence-corrected chi connectivity index (χ2v) is 8.94. The maximum atomic E-state index is 5.78. The molecule has 2 aromatic carbocycles. The Morgan fingerprint density at radius 3 is 2.17 bits per heavy atom. The first-order valence-corrected chi connectivity index (χ1v) is 12.2. The SMILES string of the molecule is C/C=C/CC[C@H]1CC[C@H](c2ccc(-c3ccc(COCCCCC)cc3)cc2)CC1. The average Bonchev–Trinajstić information content (AvgIpc) is 2.80. The molecule has 0 heterocycles. The Balaban J connectivity index is 1.47. The van der Waals surface area contributed by atoms with Gasteiger partial charge in [-0.3, -0.25) is 0 Å². The summed E-state index contributed by atoms with van der Waals surface area (Å²) in [7, 11) is 0. The molecule has 0 saturated heterocycles. The standard InChI is InChI=1S/C29H40O/c1-3-5-7-9-24-10-14-26(15-11-24)28-18-20-29(21-19-28)27-16-12-25(13-17-27)23-30-22-8-6-4-2/h3,5,12-13,16-21,24,26H,4,6-11,14-15,22-23H2,1-2H3/b5-3+/t24-,26-. The van der Waals surface area contributed by atoms with Gasteiger partial charge in [-0.05, 0) is 86.0 Å². The van der Waals surface area contributed by atoms with Gasteiger partial charge in [0.25, 0.3) is 0 Å². The second kappa shape index (κ2) is 12.7. The highest BCUT2D eigenvalue weighted by atomic mass is 16.5. The largest absolute Gasteiger partial charge is 0.377 e. The minimum absolute atomic E-state index is 0.723. The van der Waals surface area contributed by atoms with Crippen molar-refractivity contribution >= 4 is 0 Å². The van der Waals surface area contributed by atoms with E-state index in [-0.39, 0.29) is 0 Å². The number of allylic oxidation sites excluding steroid dienone is 2. The van der Waals surface area contributed by atoms with Gasteiger partial charge in [-0.15, -0.1) is 0 Å². The summed E-state index contributed by atoms with van der Waals surface area (Å²) >= 11 is 0. The molecule has 3 rings (SSSR count). The fraction of sp³-hybridized carbons (Fsp3) is 0.517. The average molecular weight is 405 g/mol. The third-order valence-electron chi connectivity index (χ3n) is 6.65. The van der Waals surface area contributed by atoms with Crippen molar-refractivity contribution in [3.05, 3.63) is 71.8 Å². The van der Waals surface area contributed by atoms with Crippen molar-refractivity contribution in [1.82, 2.24) is 0 Å². The number of rotatable bonds is 11. The van der Waals surface area contributed by atoms with Crippen molar-refractivity contribution in [1.29, 1.82) is 0 Å². The Kier molecular flexibility index (Phi) is 9.70. The molecule has 0 atom stereocenters. The Labute approximate surface area is 184 Å². The number of unbranched alkanes of at least 4 members (excludes halogenated alkanes) is 2. The van der Waals surface area contributed by atoms with Gasteiger partial charge in [0.05, 0.1) is 6.61 Å². The predicted molar refractivity (Wildman–Crippen MR) is 130 cm³/mol. The second-order valence-electron chi connectivity index (χ2n) is 8.94. The topological polar surface area (TPSA) is 9.23 Å². The maximum Gasteiger partial charge on any atom is 0.0716 e. The van der Waals surface area contributed by atoms with Crippen LogP contribution in [0.25, 0.3) is 11.1 Å². The van der Waals surface area contributed by atoms with E-state index in [0.717, 1.165) is 25.0 Å². The van der Waals surface area contributed by atoms with Gasteiger partial charge in [0, 0.05) is 6.61 Å². The summed E-state index contributed by atoms with van der Waals surface area (Å²) in [6, 6.07) is 18.2. The van der Waals surface area contributed by atoms with Crippen molar-refractivity contribution in [3.63, 3.8) is 0 Å². The summed E-state index contributed by atoms with van der Waals surface area (Å²) < 4.78 is 5.78. The molecule has 30 heavy (non-hydrogen) atoms. The van der Waals surface area contributed by atoms with E-state index in [1.165, 1.54) is 80.0 Å². The van der Waals surface area contributed by atoms with Crippen molar-refractivity contribution in [2.24, 2.45) is 5.92 Å². The first-order valence-electron chi connectivity index (χ1n) is 12.2. The molecular formula is C29H40O. The summed E-state index contributed by atoms with van der Waals surface area (Å²) in [6.45, 7) is 5.94. The van der Waals surface area contributed by atoms with Gasteiger partial charge in [-0.2, -0.15) is 0 Å². The van der Waals surface area contributed by atoms with Gasteiger partial charge >= 0.3 is 0 Å². The van der Waals surface area contributed by atoms with Crippen LogP contribution in [0.15, 0.2) is 60.7 Å². The first-order chi connectivity index (χ1) is 14.8. The van der Waals surface area contributed by atoms with Crippen LogP contribution in [0.4, 0.5) is 0 Å². The molecule has 0 aliphatic heterocycles. The lowest BCUT2D eigenvalue weighted by Crippen LogP contribution is -2.13. The summed E-state index contributed by atoms with van der Waals surface area (Å²) in [5.74, 6) is 1.69. The van der Waals surface area contributed by atoms with Gasteiger partial charge in [-0.25, -0.2) is 0 Å². The van der Waals surface area contributed by atoms with E-state index in [1.807, 2.05) is 0 Å².